The Labute approximate surface area is 121 Å². The number of primary amides is 1. The van der Waals surface area contributed by atoms with Crippen LogP contribution in [0.25, 0.3) is 0 Å². The molecule has 0 heterocycles. The van der Waals surface area contributed by atoms with E-state index in [4.69, 9.17) is 10.3 Å². The van der Waals surface area contributed by atoms with Gasteiger partial charge in [0.2, 0.25) is 0 Å². The molecule has 0 aromatic heterocycles. The molecule has 0 radical (unpaired) electrons. The van der Waals surface area contributed by atoms with Gasteiger partial charge in [0.05, 0.1) is 4.90 Å². The first-order chi connectivity index (χ1) is 6.89. The van der Waals surface area contributed by atoms with Crippen LogP contribution in [-0.2, 0) is 10.1 Å². The van der Waals surface area contributed by atoms with Gasteiger partial charge >= 0.3 is 35.6 Å². The number of rotatable bonds is 3. The van der Waals surface area contributed by atoms with Crippen LogP contribution in [0.4, 0.5) is 4.79 Å². The number of hydrogen-bond acceptors (Lipinski definition) is 4. The molecule has 0 aliphatic carbocycles. The second kappa shape index (κ2) is 6.48. The molecule has 1 aromatic carbocycles. The van der Waals surface area contributed by atoms with E-state index in [-0.39, 0.29) is 35.9 Å². The number of nitrogens with one attached hydrogen (secondary N) is 1. The largest absolute Gasteiger partial charge is 1.00 e. The van der Waals surface area contributed by atoms with Crippen molar-refractivity contribution in [1.82, 2.24) is 4.72 Å². The average Bonchev–Trinajstić information content (AvgIpc) is 2.14. The van der Waals surface area contributed by atoms with Gasteiger partial charge in [-0.25, -0.2) is 4.79 Å². The van der Waals surface area contributed by atoms with Crippen molar-refractivity contribution in [2.24, 2.45) is 5.73 Å². The van der Waals surface area contributed by atoms with Crippen LogP contribution in [0.1, 0.15) is 1.43 Å². The summed E-state index contributed by atoms with van der Waals surface area (Å²) in [5.74, 6) is 0. The molecule has 0 atom stereocenters. The van der Waals surface area contributed by atoms with Gasteiger partial charge in [0.15, 0.2) is 0 Å². The second-order valence-electron chi connectivity index (χ2n) is 2.51. The van der Waals surface area contributed by atoms with Gasteiger partial charge in [-0.3, -0.25) is 9.27 Å². The van der Waals surface area contributed by atoms with E-state index in [0.717, 1.165) is 11.9 Å². The minimum absolute atomic E-state index is 0. The topological polar surface area (TPSA) is 109 Å². The van der Waals surface area contributed by atoms with Crippen LogP contribution in [-0.4, -0.2) is 19.0 Å². The van der Waals surface area contributed by atoms with Gasteiger partial charge < -0.3 is 7.16 Å². The fourth-order valence-corrected chi connectivity index (χ4v) is 1.76. The number of urea groups is 1. The van der Waals surface area contributed by atoms with Crippen LogP contribution in [0, 0.1) is 0 Å². The molecule has 4 N–H and O–H groups in total. The quantitative estimate of drug-likeness (QED) is 0.326. The summed E-state index contributed by atoms with van der Waals surface area (Å²) < 4.78 is 32.3. The standard InChI is InChI=1S/C7H8N2O4S2.Na.H/c8-7(10)9-14-5-1-3-6(4-2-5)15(11,12)13;;/h1-4H,(H3,8,9,10)(H,11,12,13);;/q;+1;-1. The molecule has 0 spiro atoms. The first-order valence-corrected chi connectivity index (χ1v) is 5.95. The van der Waals surface area contributed by atoms with E-state index in [1.165, 1.54) is 24.3 Å². The molecular weight excluding hydrogens is 263 g/mol. The van der Waals surface area contributed by atoms with Crippen LogP contribution in [0.5, 0.6) is 0 Å². The summed E-state index contributed by atoms with van der Waals surface area (Å²) in [5, 5.41) is 0. The van der Waals surface area contributed by atoms with Gasteiger partial charge in [0.25, 0.3) is 10.1 Å². The summed E-state index contributed by atoms with van der Waals surface area (Å²) in [6.45, 7) is 0. The third-order valence-electron chi connectivity index (χ3n) is 1.39. The summed E-state index contributed by atoms with van der Waals surface area (Å²) in [5.41, 5.74) is 4.83. The molecule has 9 heteroatoms. The maximum absolute atomic E-state index is 10.7. The van der Waals surface area contributed by atoms with Crippen LogP contribution in [0.2, 0.25) is 0 Å². The number of carbonyl (C=O) groups excluding carboxylic acids is 1. The van der Waals surface area contributed by atoms with E-state index >= 15 is 0 Å². The number of carbonyl (C=O) groups is 1. The van der Waals surface area contributed by atoms with Gasteiger partial charge in [-0.05, 0) is 36.2 Å². The van der Waals surface area contributed by atoms with Crippen LogP contribution in [0.3, 0.4) is 0 Å². The smallest absolute Gasteiger partial charge is 1.00 e. The van der Waals surface area contributed by atoms with Gasteiger partial charge in [0.1, 0.15) is 0 Å². The van der Waals surface area contributed by atoms with Gasteiger partial charge in [0, 0.05) is 4.90 Å². The zero-order valence-corrected chi connectivity index (χ0v) is 12.0. The molecule has 84 valence electrons. The maximum Gasteiger partial charge on any atom is 1.00 e. The molecule has 2 amide bonds. The Morgan fingerprint density at radius 3 is 2.25 bits per heavy atom. The van der Waals surface area contributed by atoms with E-state index in [1.54, 1.807) is 0 Å². The average molecular weight is 272 g/mol. The summed E-state index contributed by atoms with van der Waals surface area (Å²) >= 11 is 0.947. The number of nitrogens with two attached hydrogens (primary N) is 1. The van der Waals surface area contributed by atoms with Crippen molar-refractivity contribution < 1.29 is 48.7 Å². The van der Waals surface area contributed by atoms with Gasteiger partial charge in [-0.1, -0.05) is 0 Å². The Morgan fingerprint density at radius 1 is 1.38 bits per heavy atom. The number of hydrogen-bond donors (Lipinski definition) is 3. The molecule has 0 aliphatic heterocycles. The Balaban J connectivity index is 0. The van der Waals surface area contributed by atoms with Crippen molar-refractivity contribution in [3.63, 3.8) is 0 Å². The molecule has 0 unspecified atom stereocenters. The minimum Gasteiger partial charge on any atom is -1.00 e. The fraction of sp³-hybridized carbons (Fsp3) is 0. The zero-order chi connectivity index (χ0) is 11.5. The zero-order valence-electron chi connectivity index (χ0n) is 9.38. The van der Waals surface area contributed by atoms with E-state index in [9.17, 15) is 13.2 Å². The monoisotopic (exact) mass is 272 g/mol. The SMILES string of the molecule is NC(=O)NSc1ccc(S(=O)(=O)O)cc1.[H-].[Na+]. The summed E-state index contributed by atoms with van der Waals surface area (Å²) in [7, 11) is -4.17. The van der Waals surface area contributed by atoms with E-state index in [1.807, 2.05) is 0 Å². The summed E-state index contributed by atoms with van der Waals surface area (Å²) in [4.78, 5) is 10.7. The molecule has 1 aromatic rings. The molecule has 6 nitrogen and oxygen atoms in total. The fourth-order valence-electron chi connectivity index (χ4n) is 0.789. The summed E-state index contributed by atoms with van der Waals surface area (Å²) in [6, 6.07) is 4.62. The predicted octanol–water partition coefficient (Wildman–Crippen LogP) is -2.27. The molecular formula is C7H9N2NaO4S2. The molecule has 0 saturated heterocycles. The number of amides is 2. The molecule has 1 rings (SSSR count). The maximum atomic E-state index is 10.7. The third kappa shape index (κ3) is 5.19. The van der Waals surface area contributed by atoms with Crippen molar-refractivity contribution in [1.29, 1.82) is 0 Å². The van der Waals surface area contributed by atoms with Crippen molar-refractivity contribution in [2.45, 2.75) is 9.79 Å². The van der Waals surface area contributed by atoms with Gasteiger partial charge in [-0.2, -0.15) is 8.42 Å². The second-order valence-corrected chi connectivity index (χ2v) is 4.82. The van der Waals surface area contributed by atoms with E-state index < -0.39 is 16.1 Å². The van der Waals surface area contributed by atoms with Crippen LogP contribution < -0.4 is 40.0 Å². The van der Waals surface area contributed by atoms with Crippen molar-refractivity contribution >= 4 is 28.1 Å². The molecule has 0 aliphatic rings. The predicted molar refractivity (Wildman–Crippen MR) is 55.9 cm³/mol. The van der Waals surface area contributed by atoms with Crippen molar-refractivity contribution in [3.05, 3.63) is 24.3 Å². The van der Waals surface area contributed by atoms with Crippen LogP contribution >= 0.6 is 11.9 Å². The molecule has 0 bridgehead atoms. The van der Waals surface area contributed by atoms with Gasteiger partial charge in [-0.15, -0.1) is 0 Å². The Morgan fingerprint density at radius 2 is 1.88 bits per heavy atom. The Bertz CT molecular complexity index is 465. The van der Waals surface area contributed by atoms with E-state index in [2.05, 4.69) is 4.72 Å². The first kappa shape index (κ1) is 15.8. The number of benzene rings is 1. The molecule has 0 fully saturated rings. The van der Waals surface area contributed by atoms with E-state index in [0.29, 0.717) is 4.90 Å². The molecule has 0 saturated carbocycles. The minimum atomic E-state index is -4.17. The normalized spacial score (nSPS) is 10.3. The third-order valence-corrected chi connectivity index (χ3v) is 3.07. The van der Waals surface area contributed by atoms with Crippen molar-refractivity contribution in [3.8, 4) is 0 Å². The first-order valence-electron chi connectivity index (χ1n) is 3.69. The Kier molecular flexibility index (Phi) is 6.38. The molecule has 16 heavy (non-hydrogen) atoms. The Hall–Kier alpha value is -0.250. The van der Waals surface area contributed by atoms with Crippen molar-refractivity contribution in [2.75, 3.05) is 0 Å². The summed E-state index contributed by atoms with van der Waals surface area (Å²) in [6.07, 6.45) is 0. The van der Waals surface area contributed by atoms with Crippen LogP contribution in [0.15, 0.2) is 34.1 Å².